The number of anilines is 2. The van der Waals surface area contributed by atoms with Gasteiger partial charge < -0.3 is 5.11 Å². The molecule has 1 fully saturated rings. The second kappa shape index (κ2) is 7.82. The van der Waals surface area contributed by atoms with Crippen LogP contribution in [0, 0.1) is 11.3 Å². The second-order valence-corrected chi connectivity index (χ2v) is 8.12. The predicted octanol–water partition coefficient (Wildman–Crippen LogP) is 5.81. The number of rotatable bonds is 3. The molecule has 0 bridgehead atoms. The Labute approximate surface area is 188 Å². The molecule has 8 heteroatoms. The molecular formula is C22H14Cl3N3O2. The normalized spacial score (nSPS) is 18.6. The summed E-state index contributed by atoms with van der Waals surface area (Å²) in [5.74, 6) is 0. The summed E-state index contributed by atoms with van der Waals surface area (Å²) < 4.78 is 0. The van der Waals surface area contributed by atoms with Crippen molar-refractivity contribution in [2.75, 3.05) is 16.3 Å². The number of carbonyl (C=O) groups is 1. The molecule has 1 N–H and O–H groups in total. The van der Waals surface area contributed by atoms with E-state index in [-0.39, 0.29) is 17.1 Å². The van der Waals surface area contributed by atoms with Gasteiger partial charge in [-0.05, 0) is 66.7 Å². The van der Waals surface area contributed by atoms with Crippen LogP contribution >= 0.6 is 34.8 Å². The van der Waals surface area contributed by atoms with Crippen LogP contribution in [-0.2, 0) is 5.72 Å². The molecule has 4 rings (SSSR count). The smallest absolute Gasteiger partial charge is 0.331 e. The molecule has 3 aromatic carbocycles. The van der Waals surface area contributed by atoms with E-state index in [1.54, 1.807) is 54.6 Å². The van der Waals surface area contributed by atoms with Crippen LogP contribution in [0.15, 0.2) is 66.7 Å². The van der Waals surface area contributed by atoms with E-state index in [1.807, 2.05) is 6.07 Å². The Morgan fingerprint density at radius 1 is 0.867 bits per heavy atom. The number of halogens is 3. The largest absolute Gasteiger partial charge is 0.365 e. The molecule has 0 radical (unpaired) electrons. The maximum atomic E-state index is 13.4. The van der Waals surface area contributed by atoms with Crippen molar-refractivity contribution < 1.29 is 9.90 Å². The molecular weight excluding hydrogens is 445 g/mol. The highest BCUT2D eigenvalue weighted by Crippen LogP contribution is 2.41. The zero-order chi connectivity index (χ0) is 21.5. The summed E-state index contributed by atoms with van der Waals surface area (Å²) in [5.41, 5.74) is -0.157. The van der Waals surface area contributed by atoms with Crippen molar-refractivity contribution in [3.8, 4) is 6.07 Å². The molecule has 1 unspecified atom stereocenters. The average molecular weight is 459 g/mol. The average Bonchev–Trinajstić information content (AvgIpc) is 3.00. The van der Waals surface area contributed by atoms with Crippen LogP contribution in [0.3, 0.4) is 0 Å². The van der Waals surface area contributed by atoms with Gasteiger partial charge >= 0.3 is 6.03 Å². The third-order valence-electron chi connectivity index (χ3n) is 4.88. The first-order valence-corrected chi connectivity index (χ1v) is 10.0. The number of β-amino-alcohol motifs (C(OH)–C–C–N with tert-alkyl or cyclic N) is 1. The maximum Gasteiger partial charge on any atom is 0.331 e. The molecule has 5 nitrogen and oxygen atoms in total. The van der Waals surface area contributed by atoms with Crippen molar-refractivity contribution in [1.82, 2.24) is 0 Å². The summed E-state index contributed by atoms with van der Waals surface area (Å²) >= 11 is 18.2. The Bertz CT molecular complexity index is 1160. The molecule has 30 heavy (non-hydrogen) atoms. The number of hydrogen-bond donors (Lipinski definition) is 1. The topological polar surface area (TPSA) is 67.6 Å². The van der Waals surface area contributed by atoms with E-state index in [0.29, 0.717) is 27.0 Å². The van der Waals surface area contributed by atoms with E-state index in [4.69, 9.17) is 34.8 Å². The SMILES string of the molecule is N#Cc1cc(Cl)cc(C2(O)CN(c3ccc(Cl)cc3)C(=O)N2c2ccc(Cl)cc2)c1. The van der Waals surface area contributed by atoms with E-state index in [0.717, 1.165) is 0 Å². The molecule has 1 atom stereocenters. The fourth-order valence-corrected chi connectivity index (χ4v) is 3.97. The van der Waals surface area contributed by atoms with E-state index in [2.05, 4.69) is 0 Å². The van der Waals surface area contributed by atoms with Crippen molar-refractivity contribution in [2.45, 2.75) is 5.72 Å². The quantitative estimate of drug-likeness (QED) is 0.538. The lowest BCUT2D eigenvalue weighted by atomic mass is 9.99. The molecule has 1 heterocycles. The molecule has 0 saturated carbocycles. The van der Waals surface area contributed by atoms with Crippen molar-refractivity contribution in [3.63, 3.8) is 0 Å². The predicted molar refractivity (Wildman–Crippen MR) is 118 cm³/mol. The lowest BCUT2D eigenvalue weighted by Crippen LogP contribution is -2.45. The summed E-state index contributed by atoms with van der Waals surface area (Å²) in [6.07, 6.45) is 0. The van der Waals surface area contributed by atoms with Crippen molar-refractivity contribution in [1.29, 1.82) is 5.26 Å². The second-order valence-electron chi connectivity index (χ2n) is 6.81. The first-order valence-electron chi connectivity index (χ1n) is 8.88. The Kier molecular flexibility index (Phi) is 5.35. The first-order chi connectivity index (χ1) is 14.3. The van der Waals surface area contributed by atoms with Gasteiger partial charge in [0, 0.05) is 32.0 Å². The van der Waals surface area contributed by atoms with E-state index in [1.165, 1.54) is 21.9 Å². The lowest BCUT2D eigenvalue weighted by molar-refractivity contribution is 0.0655. The van der Waals surface area contributed by atoms with Crippen molar-refractivity contribution >= 4 is 52.2 Å². The molecule has 2 amide bonds. The zero-order valence-corrected chi connectivity index (χ0v) is 17.7. The van der Waals surface area contributed by atoms with Crippen LogP contribution < -0.4 is 9.80 Å². The Balaban J connectivity index is 1.88. The molecule has 150 valence electrons. The van der Waals surface area contributed by atoms with Gasteiger partial charge in [0.15, 0.2) is 5.72 Å². The van der Waals surface area contributed by atoms with E-state index >= 15 is 0 Å². The summed E-state index contributed by atoms with van der Waals surface area (Å²) in [4.78, 5) is 16.1. The van der Waals surface area contributed by atoms with E-state index in [9.17, 15) is 15.2 Å². The Morgan fingerprint density at radius 2 is 1.43 bits per heavy atom. The van der Waals surface area contributed by atoms with Gasteiger partial charge in [-0.15, -0.1) is 0 Å². The number of nitrogens with zero attached hydrogens (tertiary/aromatic N) is 3. The first kappa shape index (κ1) is 20.5. The van der Waals surface area contributed by atoms with Gasteiger partial charge in [-0.2, -0.15) is 5.26 Å². The van der Waals surface area contributed by atoms with Crippen molar-refractivity contribution in [3.05, 3.63) is 92.9 Å². The summed E-state index contributed by atoms with van der Waals surface area (Å²) in [5, 5.41) is 22.4. The van der Waals surface area contributed by atoms with Crippen LogP contribution in [0.4, 0.5) is 16.2 Å². The Hall–Kier alpha value is -2.75. The number of hydrogen-bond acceptors (Lipinski definition) is 3. The minimum atomic E-state index is -1.78. The number of urea groups is 1. The fraction of sp³-hybridized carbons (Fsp3) is 0.0909. The number of benzene rings is 3. The number of nitriles is 1. The minimum Gasteiger partial charge on any atom is -0.365 e. The number of carbonyl (C=O) groups excluding carboxylic acids is 1. The standard InChI is InChI=1S/C22H14Cl3N3O2/c23-16-1-5-19(6-2-16)27-13-22(30,15-9-14(12-26)10-18(25)11-15)28(21(27)29)20-7-3-17(24)4-8-20/h1-11,30H,13H2. The summed E-state index contributed by atoms with van der Waals surface area (Å²) in [6, 6.07) is 19.4. The summed E-state index contributed by atoms with van der Waals surface area (Å²) in [6.45, 7) is -0.0820. The highest BCUT2D eigenvalue weighted by atomic mass is 35.5. The fourth-order valence-electron chi connectivity index (χ4n) is 3.48. The highest BCUT2D eigenvalue weighted by molar-refractivity contribution is 6.31. The maximum absolute atomic E-state index is 13.4. The Morgan fingerprint density at radius 3 is 2.00 bits per heavy atom. The van der Waals surface area contributed by atoms with Gasteiger partial charge in [0.25, 0.3) is 0 Å². The van der Waals surface area contributed by atoms with Crippen LogP contribution in [0.25, 0.3) is 0 Å². The van der Waals surface area contributed by atoms with Gasteiger partial charge in [-0.25, -0.2) is 4.79 Å². The number of aliphatic hydroxyl groups is 1. The highest BCUT2D eigenvalue weighted by Gasteiger charge is 2.51. The van der Waals surface area contributed by atoms with Gasteiger partial charge in [-0.3, -0.25) is 9.80 Å². The minimum absolute atomic E-state index is 0.0820. The summed E-state index contributed by atoms with van der Waals surface area (Å²) in [7, 11) is 0. The van der Waals surface area contributed by atoms with Crippen LogP contribution in [0.5, 0.6) is 0 Å². The van der Waals surface area contributed by atoms with Crippen molar-refractivity contribution in [2.24, 2.45) is 0 Å². The van der Waals surface area contributed by atoms with Gasteiger partial charge in [0.2, 0.25) is 0 Å². The third kappa shape index (κ3) is 3.60. The zero-order valence-electron chi connectivity index (χ0n) is 15.4. The van der Waals surface area contributed by atoms with Gasteiger partial charge in [0.1, 0.15) is 0 Å². The van der Waals surface area contributed by atoms with Crippen LogP contribution in [-0.4, -0.2) is 17.7 Å². The van der Waals surface area contributed by atoms with Gasteiger partial charge in [0.05, 0.1) is 18.2 Å². The number of amides is 2. The molecule has 1 aliphatic rings. The molecule has 0 aliphatic carbocycles. The molecule has 3 aromatic rings. The molecule has 0 aromatic heterocycles. The van der Waals surface area contributed by atoms with Crippen LogP contribution in [0.1, 0.15) is 11.1 Å². The third-order valence-corrected chi connectivity index (χ3v) is 5.61. The molecule has 0 spiro atoms. The molecule has 1 saturated heterocycles. The van der Waals surface area contributed by atoms with Gasteiger partial charge in [-0.1, -0.05) is 34.8 Å². The monoisotopic (exact) mass is 457 g/mol. The lowest BCUT2D eigenvalue weighted by Gasteiger charge is -2.32. The molecule has 1 aliphatic heterocycles. The van der Waals surface area contributed by atoms with Crippen LogP contribution in [0.2, 0.25) is 15.1 Å². The van der Waals surface area contributed by atoms with E-state index < -0.39 is 11.8 Å².